The Balaban J connectivity index is 2.34. The summed E-state index contributed by atoms with van der Waals surface area (Å²) < 4.78 is 5.39. The average Bonchev–Trinajstić information content (AvgIpc) is 2.71. The van der Waals surface area contributed by atoms with E-state index in [1.807, 2.05) is 30.3 Å². The summed E-state index contributed by atoms with van der Waals surface area (Å²) in [5.74, 6) is -2.45. The molecule has 160 valence electrons. The van der Waals surface area contributed by atoms with E-state index >= 15 is 0 Å². The summed E-state index contributed by atoms with van der Waals surface area (Å²) in [4.78, 5) is 23.8. The quantitative estimate of drug-likeness (QED) is 0.316. The van der Waals surface area contributed by atoms with Crippen LogP contribution in [-0.4, -0.2) is 69.3 Å². The van der Waals surface area contributed by atoms with Crippen molar-refractivity contribution in [2.45, 2.75) is 50.8 Å². The zero-order valence-corrected chi connectivity index (χ0v) is 16.4. The zero-order valence-electron chi connectivity index (χ0n) is 16.4. The van der Waals surface area contributed by atoms with Gasteiger partial charge in [0.05, 0.1) is 18.7 Å². The Morgan fingerprint density at radius 3 is 2.38 bits per heavy atom. The Labute approximate surface area is 169 Å². The second-order valence-electron chi connectivity index (χ2n) is 7.24. The van der Waals surface area contributed by atoms with E-state index in [9.17, 15) is 30.0 Å². The molecule has 0 aromatic heterocycles. The van der Waals surface area contributed by atoms with Crippen molar-refractivity contribution in [1.29, 1.82) is 0 Å². The zero-order chi connectivity index (χ0) is 21.6. The van der Waals surface area contributed by atoms with Crippen LogP contribution < -0.4 is 10.6 Å². The van der Waals surface area contributed by atoms with Gasteiger partial charge in [-0.15, -0.1) is 0 Å². The summed E-state index contributed by atoms with van der Waals surface area (Å²) in [6.45, 7) is 3.00. The van der Waals surface area contributed by atoms with Crippen molar-refractivity contribution < 1.29 is 34.8 Å². The highest BCUT2D eigenvalue weighted by atomic mass is 16.5. The van der Waals surface area contributed by atoms with E-state index in [0.717, 1.165) is 5.56 Å². The van der Waals surface area contributed by atoms with Gasteiger partial charge in [0.1, 0.15) is 18.3 Å². The maximum atomic E-state index is 12.3. The number of hydrogen-bond acceptors (Lipinski definition) is 7. The molecule has 1 heterocycles. The molecule has 0 spiro atoms. The number of carbonyl (C=O) groups is 2. The highest BCUT2D eigenvalue weighted by molar-refractivity contribution is 5.85. The minimum atomic E-state index is -1.62. The second-order valence-corrected chi connectivity index (χ2v) is 7.24. The van der Waals surface area contributed by atoms with Gasteiger partial charge in [-0.3, -0.25) is 4.79 Å². The highest BCUT2D eigenvalue weighted by Crippen LogP contribution is 2.24. The third kappa shape index (κ3) is 6.01. The molecule has 9 heteroatoms. The molecule has 0 radical (unpaired) electrons. The van der Waals surface area contributed by atoms with Crippen LogP contribution in [0.3, 0.4) is 0 Å². The summed E-state index contributed by atoms with van der Waals surface area (Å²) >= 11 is 0. The molecule has 29 heavy (non-hydrogen) atoms. The van der Waals surface area contributed by atoms with E-state index in [1.54, 1.807) is 13.8 Å². The van der Waals surface area contributed by atoms with Crippen molar-refractivity contribution in [3.63, 3.8) is 0 Å². The summed E-state index contributed by atoms with van der Waals surface area (Å²) in [5, 5.41) is 44.8. The molecule has 9 nitrogen and oxygen atoms in total. The molecular weight excluding hydrogens is 380 g/mol. The number of aliphatic hydroxyl groups is 3. The third-order valence-corrected chi connectivity index (χ3v) is 4.68. The van der Waals surface area contributed by atoms with Crippen molar-refractivity contribution in [3.8, 4) is 0 Å². The van der Waals surface area contributed by atoms with Crippen LogP contribution in [0.25, 0.3) is 0 Å². The first-order chi connectivity index (χ1) is 13.7. The normalized spacial score (nSPS) is 23.7. The molecule has 0 aliphatic carbocycles. The number of amides is 1. The van der Waals surface area contributed by atoms with E-state index in [1.165, 1.54) is 6.08 Å². The van der Waals surface area contributed by atoms with Gasteiger partial charge < -0.3 is 35.8 Å². The molecule has 1 aliphatic heterocycles. The van der Waals surface area contributed by atoms with Gasteiger partial charge in [0.25, 0.3) is 0 Å². The van der Waals surface area contributed by atoms with Crippen LogP contribution >= 0.6 is 0 Å². The molecular formula is C20H28N2O7. The van der Waals surface area contributed by atoms with Crippen LogP contribution in [-0.2, 0) is 20.9 Å². The van der Waals surface area contributed by atoms with Gasteiger partial charge in [0.2, 0.25) is 11.7 Å². The SMILES string of the molecule is CC(C)C(=O)N[C@H]1[C@H]([C@H](O)[C@H](O)CO)OC(C(=O)O)=C[C@@H]1NCc1ccccc1. The fourth-order valence-electron chi connectivity index (χ4n) is 2.98. The minimum Gasteiger partial charge on any atom is -0.478 e. The molecule has 1 aliphatic rings. The van der Waals surface area contributed by atoms with E-state index in [-0.39, 0.29) is 11.8 Å². The number of ether oxygens (including phenoxy) is 1. The number of rotatable bonds is 9. The van der Waals surface area contributed by atoms with Crippen LogP contribution in [0.2, 0.25) is 0 Å². The van der Waals surface area contributed by atoms with Crippen LogP contribution in [0, 0.1) is 5.92 Å². The molecule has 0 bridgehead atoms. The van der Waals surface area contributed by atoms with Gasteiger partial charge in [-0.1, -0.05) is 44.2 Å². The Morgan fingerprint density at radius 1 is 1.17 bits per heavy atom. The third-order valence-electron chi connectivity index (χ3n) is 4.68. The van der Waals surface area contributed by atoms with Crippen LogP contribution in [0.4, 0.5) is 0 Å². The smallest absolute Gasteiger partial charge is 0.370 e. The number of aliphatic carboxylic acids is 1. The lowest BCUT2D eigenvalue weighted by molar-refractivity contribution is -0.146. The van der Waals surface area contributed by atoms with Gasteiger partial charge in [0, 0.05) is 12.5 Å². The molecule has 5 atom stereocenters. The monoisotopic (exact) mass is 408 g/mol. The van der Waals surface area contributed by atoms with Crippen molar-refractivity contribution in [2.24, 2.45) is 5.92 Å². The van der Waals surface area contributed by atoms with E-state index in [2.05, 4.69) is 10.6 Å². The molecule has 2 rings (SSSR count). The fourth-order valence-corrected chi connectivity index (χ4v) is 2.98. The number of carboxylic acids is 1. The standard InChI is InChI=1S/C20H28N2O7/c1-11(2)19(26)22-16-13(21-9-12-6-4-3-5-7-12)8-15(20(27)28)29-18(16)17(25)14(24)10-23/h3-8,11,13-14,16-18,21,23-25H,9-10H2,1-2H3,(H,22,26)(H,27,28)/t13-,14+,16+,17+,18+/m0/s1. The van der Waals surface area contributed by atoms with E-state index in [0.29, 0.717) is 6.54 Å². The topological polar surface area (TPSA) is 148 Å². The summed E-state index contributed by atoms with van der Waals surface area (Å²) in [6, 6.07) is 7.78. The lowest BCUT2D eigenvalue weighted by atomic mass is 9.91. The predicted molar refractivity (Wildman–Crippen MR) is 104 cm³/mol. The number of carbonyl (C=O) groups excluding carboxylic acids is 1. The number of nitrogens with one attached hydrogen (secondary N) is 2. The number of hydrogen-bond donors (Lipinski definition) is 6. The molecule has 0 saturated carbocycles. The van der Waals surface area contributed by atoms with Crippen molar-refractivity contribution in [1.82, 2.24) is 10.6 Å². The number of carboxylic acid groups (broad SMARTS) is 1. The number of benzene rings is 1. The van der Waals surface area contributed by atoms with Gasteiger partial charge >= 0.3 is 5.97 Å². The van der Waals surface area contributed by atoms with Gasteiger partial charge in [-0.2, -0.15) is 0 Å². The molecule has 1 amide bonds. The van der Waals surface area contributed by atoms with Gasteiger partial charge in [-0.05, 0) is 11.6 Å². The Bertz CT molecular complexity index is 723. The fraction of sp³-hybridized carbons (Fsp3) is 0.500. The lowest BCUT2D eigenvalue weighted by Crippen LogP contribution is -2.63. The molecule has 1 aromatic rings. The van der Waals surface area contributed by atoms with Crippen LogP contribution in [0.15, 0.2) is 42.2 Å². The Kier molecular flexibility index (Phi) is 8.15. The maximum Gasteiger partial charge on any atom is 0.370 e. The first-order valence-electron chi connectivity index (χ1n) is 9.41. The molecule has 6 N–H and O–H groups in total. The van der Waals surface area contributed by atoms with Crippen LogP contribution in [0.1, 0.15) is 19.4 Å². The van der Waals surface area contributed by atoms with Crippen molar-refractivity contribution in [2.75, 3.05) is 6.61 Å². The molecule has 0 unspecified atom stereocenters. The van der Waals surface area contributed by atoms with Crippen molar-refractivity contribution in [3.05, 3.63) is 47.7 Å². The molecule has 1 aromatic carbocycles. The van der Waals surface area contributed by atoms with Crippen LogP contribution in [0.5, 0.6) is 0 Å². The van der Waals surface area contributed by atoms with Gasteiger partial charge in [-0.25, -0.2) is 4.79 Å². The highest BCUT2D eigenvalue weighted by Gasteiger charge is 2.43. The molecule has 0 fully saturated rings. The largest absolute Gasteiger partial charge is 0.478 e. The van der Waals surface area contributed by atoms with Crippen molar-refractivity contribution >= 4 is 11.9 Å². The van der Waals surface area contributed by atoms with E-state index in [4.69, 9.17) is 4.74 Å². The Morgan fingerprint density at radius 2 is 1.83 bits per heavy atom. The van der Waals surface area contributed by atoms with Gasteiger partial charge in [0.15, 0.2) is 0 Å². The lowest BCUT2D eigenvalue weighted by Gasteiger charge is -2.40. The first kappa shape index (κ1) is 22.8. The summed E-state index contributed by atoms with van der Waals surface area (Å²) in [7, 11) is 0. The summed E-state index contributed by atoms with van der Waals surface area (Å²) in [6.07, 6.45) is -3.16. The first-order valence-corrected chi connectivity index (χ1v) is 9.41. The maximum absolute atomic E-state index is 12.3. The average molecular weight is 408 g/mol. The minimum absolute atomic E-state index is 0.326. The number of aliphatic hydroxyl groups excluding tert-OH is 3. The summed E-state index contributed by atoms with van der Waals surface area (Å²) in [5.41, 5.74) is 0.936. The van der Waals surface area contributed by atoms with E-state index < -0.39 is 48.7 Å². The Hall–Kier alpha value is -2.46. The molecule has 0 saturated heterocycles. The second kappa shape index (κ2) is 10.4. The predicted octanol–water partition coefficient (Wildman–Crippen LogP) is -0.633.